The summed E-state index contributed by atoms with van der Waals surface area (Å²) in [6, 6.07) is 9.62. The standard InChI is InChI=1S/C15H16ClNO3/c1-9(12-5-3-10(18)7-15(12)19)17-14-8-11(20-2)4-6-13(14)16/h3-9,17-19H,1-2H3. The number of nitrogens with one attached hydrogen (secondary N) is 1. The van der Waals surface area contributed by atoms with E-state index in [0.29, 0.717) is 22.0 Å². The number of aromatic hydroxyl groups is 2. The number of hydrogen-bond donors (Lipinski definition) is 3. The number of halogens is 1. The van der Waals surface area contributed by atoms with Crippen molar-refractivity contribution in [1.29, 1.82) is 0 Å². The van der Waals surface area contributed by atoms with Crippen molar-refractivity contribution >= 4 is 17.3 Å². The molecule has 0 aliphatic heterocycles. The molecule has 20 heavy (non-hydrogen) atoms. The molecule has 3 N–H and O–H groups in total. The van der Waals surface area contributed by atoms with Gasteiger partial charge in [-0.3, -0.25) is 0 Å². The summed E-state index contributed by atoms with van der Waals surface area (Å²) in [5, 5.41) is 22.9. The van der Waals surface area contributed by atoms with Gasteiger partial charge in [0, 0.05) is 17.7 Å². The number of anilines is 1. The van der Waals surface area contributed by atoms with Gasteiger partial charge in [-0.1, -0.05) is 11.6 Å². The number of methoxy groups -OCH3 is 1. The molecular weight excluding hydrogens is 278 g/mol. The summed E-state index contributed by atoms with van der Waals surface area (Å²) in [5.41, 5.74) is 1.38. The molecule has 0 amide bonds. The van der Waals surface area contributed by atoms with Crippen LogP contribution >= 0.6 is 11.6 Å². The number of rotatable bonds is 4. The second-order valence-corrected chi connectivity index (χ2v) is 4.86. The molecule has 2 aromatic rings. The van der Waals surface area contributed by atoms with Gasteiger partial charge in [0.25, 0.3) is 0 Å². The van der Waals surface area contributed by atoms with Crippen molar-refractivity contribution in [3.8, 4) is 17.2 Å². The molecule has 0 saturated carbocycles. The quantitative estimate of drug-likeness (QED) is 0.799. The highest BCUT2D eigenvalue weighted by Gasteiger charge is 2.12. The van der Waals surface area contributed by atoms with Crippen LogP contribution in [0.3, 0.4) is 0 Å². The first-order chi connectivity index (χ1) is 9.51. The zero-order chi connectivity index (χ0) is 14.7. The summed E-state index contributed by atoms with van der Waals surface area (Å²) in [5.74, 6) is 0.751. The Hall–Kier alpha value is -2.07. The van der Waals surface area contributed by atoms with Crippen LogP contribution in [-0.4, -0.2) is 17.3 Å². The maximum Gasteiger partial charge on any atom is 0.124 e. The van der Waals surface area contributed by atoms with Crippen LogP contribution in [0.2, 0.25) is 5.02 Å². The molecule has 0 bridgehead atoms. The maximum absolute atomic E-state index is 9.85. The minimum atomic E-state index is -0.180. The van der Waals surface area contributed by atoms with Gasteiger partial charge in [0.1, 0.15) is 17.2 Å². The molecule has 0 aliphatic rings. The molecule has 0 aliphatic carbocycles. The van der Waals surface area contributed by atoms with Gasteiger partial charge < -0.3 is 20.3 Å². The van der Waals surface area contributed by atoms with Gasteiger partial charge in [-0.25, -0.2) is 0 Å². The van der Waals surface area contributed by atoms with Crippen molar-refractivity contribution < 1.29 is 14.9 Å². The minimum absolute atomic E-state index is 0.0258. The summed E-state index contributed by atoms with van der Waals surface area (Å²) < 4.78 is 5.16. The first kappa shape index (κ1) is 14.3. The third kappa shape index (κ3) is 3.08. The van der Waals surface area contributed by atoms with Crippen LogP contribution in [0.25, 0.3) is 0 Å². The zero-order valence-electron chi connectivity index (χ0n) is 11.2. The summed E-state index contributed by atoms with van der Waals surface area (Å²) >= 11 is 6.13. The third-order valence-corrected chi connectivity index (χ3v) is 3.36. The van der Waals surface area contributed by atoms with E-state index < -0.39 is 0 Å². The zero-order valence-corrected chi connectivity index (χ0v) is 12.0. The van der Waals surface area contributed by atoms with E-state index in [1.807, 2.05) is 6.92 Å². The molecule has 1 unspecified atom stereocenters. The van der Waals surface area contributed by atoms with Crippen LogP contribution in [0.15, 0.2) is 36.4 Å². The lowest BCUT2D eigenvalue weighted by molar-refractivity contribution is 0.415. The van der Waals surface area contributed by atoms with Crippen LogP contribution in [0.5, 0.6) is 17.2 Å². The fraction of sp³-hybridized carbons (Fsp3) is 0.200. The van der Waals surface area contributed by atoms with Gasteiger partial charge in [-0.15, -0.1) is 0 Å². The van der Waals surface area contributed by atoms with E-state index in [1.54, 1.807) is 31.4 Å². The molecular formula is C15H16ClNO3. The summed E-state index contributed by atoms with van der Waals surface area (Å²) in [4.78, 5) is 0. The Morgan fingerprint density at radius 3 is 2.55 bits per heavy atom. The van der Waals surface area contributed by atoms with E-state index in [4.69, 9.17) is 16.3 Å². The highest BCUT2D eigenvalue weighted by molar-refractivity contribution is 6.33. The van der Waals surface area contributed by atoms with Crippen LogP contribution in [0.4, 0.5) is 5.69 Å². The molecule has 0 fully saturated rings. The lowest BCUT2D eigenvalue weighted by Gasteiger charge is -2.18. The minimum Gasteiger partial charge on any atom is -0.508 e. The van der Waals surface area contributed by atoms with Crippen molar-refractivity contribution in [2.24, 2.45) is 0 Å². The number of phenols is 2. The smallest absolute Gasteiger partial charge is 0.124 e. The number of benzene rings is 2. The van der Waals surface area contributed by atoms with E-state index in [-0.39, 0.29) is 17.5 Å². The second kappa shape index (κ2) is 5.92. The Morgan fingerprint density at radius 1 is 1.15 bits per heavy atom. The van der Waals surface area contributed by atoms with Gasteiger partial charge >= 0.3 is 0 Å². The van der Waals surface area contributed by atoms with Crippen LogP contribution in [0.1, 0.15) is 18.5 Å². The third-order valence-electron chi connectivity index (χ3n) is 3.03. The van der Waals surface area contributed by atoms with Crippen molar-refractivity contribution in [2.45, 2.75) is 13.0 Å². The van der Waals surface area contributed by atoms with Crippen molar-refractivity contribution in [3.63, 3.8) is 0 Å². The van der Waals surface area contributed by atoms with E-state index in [0.717, 1.165) is 0 Å². The molecule has 0 aromatic heterocycles. The molecule has 0 heterocycles. The van der Waals surface area contributed by atoms with Crippen LogP contribution in [-0.2, 0) is 0 Å². The first-order valence-corrected chi connectivity index (χ1v) is 6.51. The van der Waals surface area contributed by atoms with E-state index in [1.165, 1.54) is 12.1 Å². The number of hydrogen-bond acceptors (Lipinski definition) is 4. The lowest BCUT2D eigenvalue weighted by atomic mass is 10.1. The molecule has 2 rings (SSSR count). The number of phenolic OH excluding ortho intramolecular Hbond substituents is 2. The Morgan fingerprint density at radius 2 is 1.90 bits per heavy atom. The average molecular weight is 294 g/mol. The topological polar surface area (TPSA) is 61.7 Å². The largest absolute Gasteiger partial charge is 0.508 e. The maximum atomic E-state index is 9.85. The molecule has 0 radical (unpaired) electrons. The Balaban J connectivity index is 2.25. The molecule has 106 valence electrons. The van der Waals surface area contributed by atoms with Crippen LogP contribution < -0.4 is 10.1 Å². The van der Waals surface area contributed by atoms with Crippen molar-refractivity contribution in [3.05, 3.63) is 47.0 Å². The summed E-state index contributed by atoms with van der Waals surface area (Å²) in [6.45, 7) is 1.89. The molecule has 5 heteroatoms. The fourth-order valence-electron chi connectivity index (χ4n) is 1.95. The molecule has 2 aromatic carbocycles. The SMILES string of the molecule is COc1ccc(Cl)c(NC(C)c2ccc(O)cc2O)c1. The highest BCUT2D eigenvalue weighted by Crippen LogP contribution is 2.33. The average Bonchev–Trinajstić information content (AvgIpc) is 2.41. The summed E-state index contributed by atoms with van der Waals surface area (Å²) in [6.07, 6.45) is 0. The van der Waals surface area contributed by atoms with Crippen molar-refractivity contribution in [1.82, 2.24) is 0 Å². The monoisotopic (exact) mass is 293 g/mol. The van der Waals surface area contributed by atoms with E-state index in [9.17, 15) is 10.2 Å². The molecule has 4 nitrogen and oxygen atoms in total. The molecule has 0 spiro atoms. The van der Waals surface area contributed by atoms with Gasteiger partial charge in [0.05, 0.1) is 23.9 Å². The van der Waals surface area contributed by atoms with Gasteiger partial charge in [0.15, 0.2) is 0 Å². The Kier molecular flexibility index (Phi) is 4.25. The first-order valence-electron chi connectivity index (χ1n) is 6.13. The number of ether oxygens (including phenoxy) is 1. The van der Waals surface area contributed by atoms with Crippen molar-refractivity contribution in [2.75, 3.05) is 12.4 Å². The fourth-order valence-corrected chi connectivity index (χ4v) is 2.12. The predicted octanol–water partition coefficient (Wildman–Crippen LogP) is 3.93. The summed E-state index contributed by atoms with van der Waals surface area (Å²) in [7, 11) is 1.59. The van der Waals surface area contributed by atoms with Crippen LogP contribution in [0, 0.1) is 0 Å². The molecule has 1 atom stereocenters. The second-order valence-electron chi connectivity index (χ2n) is 4.45. The predicted molar refractivity (Wildman–Crippen MR) is 79.8 cm³/mol. The lowest BCUT2D eigenvalue weighted by Crippen LogP contribution is -2.07. The van der Waals surface area contributed by atoms with E-state index >= 15 is 0 Å². The van der Waals surface area contributed by atoms with Gasteiger partial charge in [-0.05, 0) is 31.2 Å². The van der Waals surface area contributed by atoms with E-state index in [2.05, 4.69) is 5.32 Å². The highest BCUT2D eigenvalue weighted by atomic mass is 35.5. The van der Waals surface area contributed by atoms with Gasteiger partial charge in [-0.2, -0.15) is 0 Å². The Labute approximate surface area is 122 Å². The van der Waals surface area contributed by atoms with Gasteiger partial charge in [0.2, 0.25) is 0 Å². The molecule has 0 saturated heterocycles. The Bertz CT molecular complexity index is 616. The normalized spacial score (nSPS) is 11.9.